The van der Waals surface area contributed by atoms with Crippen LogP contribution < -0.4 is 10.7 Å². The predicted molar refractivity (Wildman–Crippen MR) is 96.7 cm³/mol. The largest absolute Gasteiger partial charge is 0.344 e. The van der Waals surface area contributed by atoms with E-state index in [4.69, 9.17) is 0 Å². The summed E-state index contributed by atoms with van der Waals surface area (Å²) < 4.78 is 0. The van der Waals surface area contributed by atoms with Crippen molar-refractivity contribution in [1.29, 1.82) is 0 Å². The lowest BCUT2D eigenvalue weighted by Gasteiger charge is -2.22. The molecule has 1 saturated heterocycles. The SMILES string of the molecule is CC1(c2ccccc2)NC(=O)N(NC(=O)CCCc2ccccc2)C1=O. The van der Waals surface area contributed by atoms with Gasteiger partial charge in [-0.3, -0.25) is 15.0 Å². The zero-order valence-corrected chi connectivity index (χ0v) is 14.6. The number of aryl methyl sites for hydroxylation is 1. The number of benzene rings is 2. The maximum absolute atomic E-state index is 12.7. The quantitative estimate of drug-likeness (QED) is 0.785. The fourth-order valence-corrected chi connectivity index (χ4v) is 2.99. The third-order valence-electron chi connectivity index (χ3n) is 4.49. The molecule has 0 bridgehead atoms. The summed E-state index contributed by atoms with van der Waals surface area (Å²) in [6, 6.07) is 18.2. The highest BCUT2D eigenvalue weighted by Gasteiger charge is 2.49. The molecule has 2 aromatic rings. The van der Waals surface area contributed by atoms with Crippen LogP contribution in [0.3, 0.4) is 0 Å². The molecule has 2 N–H and O–H groups in total. The van der Waals surface area contributed by atoms with E-state index in [9.17, 15) is 14.4 Å². The van der Waals surface area contributed by atoms with Crippen LogP contribution in [0.1, 0.15) is 30.9 Å². The van der Waals surface area contributed by atoms with Gasteiger partial charge in [0, 0.05) is 6.42 Å². The molecule has 1 aliphatic rings. The third kappa shape index (κ3) is 3.59. The van der Waals surface area contributed by atoms with Crippen molar-refractivity contribution >= 4 is 17.8 Å². The van der Waals surface area contributed by atoms with Crippen molar-refractivity contribution in [2.45, 2.75) is 31.7 Å². The van der Waals surface area contributed by atoms with E-state index in [1.54, 1.807) is 31.2 Å². The van der Waals surface area contributed by atoms with Crippen LogP contribution in [-0.2, 0) is 21.5 Å². The molecule has 0 aromatic heterocycles. The lowest BCUT2D eigenvalue weighted by Crippen LogP contribution is -2.47. The van der Waals surface area contributed by atoms with Gasteiger partial charge in [0.05, 0.1) is 0 Å². The van der Waals surface area contributed by atoms with E-state index in [2.05, 4.69) is 10.7 Å². The lowest BCUT2D eigenvalue weighted by atomic mass is 9.92. The van der Waals surface area contributed by atoms with Gasteiger partial charge in [0.15, 0.2) is 0 Å². The van der Waals surface area contributed by atoms with Gasteiger partial charge in [-0.2, -0.15) is 5.01 Å². The van der Waals surface area contributed by atoms with Crippen molar-refractivity contribution in [1.82, 2.24) is 15.8 Å². The Morgan fingerprint density at radius 1 is 1.04 bits per heavy atom. The minimum atomic E-state index is -1.18. The summed E-state index contributed by atoms with van der Waals surface area (Å²) >= 11 is 0. The van der Waals surface area contributed by atoms with Crippen molar-refractivity contribution in [3.63, 3.8) is 0 Å². The molecule has 4 amide bonds. The number of rotatable bonds is 6. The van der Waals surface area contributed by atoms with E-state index in [1.165, 1.54) is 0 Å². The Morgan fingerprint density at radius 3 is 2.31 bits per heavy atom. The number of carbonyl (C=O) groups excluding carboxylic acids is 3. The summed E-state index contributed by atoms with van der Waals surface area (Å²) in [5.74, 6) is -0.855. The number of hydrogen-bond acceptors (Lipinski definition) is 3. The number of hydrazine groups is 1. The minimum absolute atomic E-state index is 0.230. The fraction of sp³-hybridized carbons (Fsp3) is 0.250. The normalized spacial score (nSPS) is 19.3. The summed E-state index contributed by atoms with van der Waals surface area (Å²) in [7, 11) is 0. The second-order valence-electron chi connectivity index (χ2n) is 6.44. The topological polar surface area (TPSA) is 78.5 Å². The first-order valence-electron chi connectivity index (χ1n) is 8.56. The van der Waals surface area contributed by atoms with E-state index in [0.717, 1.165) is 17.0 Å². The molecule has 0 spiro atoms. The molecular weight excluding hydrogens is 330 g/mol. The van der Waals surface area contributed by atoms with Gasteiger partial charge in [-0.15, -0.1) is 0 Å². The van der Waals surface area contributed by atoms with E-state index >= 15 is 0 Å². The molecule has 1 aliphatic heterocycles. The average molecular weight is 351 g/mol. The number of carbonyl (C=O) groups is 3. The van der Waals surface area contributed by atoms with Crippen molar-refractivity contribution in [2.75, 3.05) is 0 Å². The maximum Gasteiger partial charge on any atom is 0.344 e. The zero-order chi connectivity index (χ0) is 18.6. The van der Waals surface area contributed by atoms with E-state index in [-0.39, 0.29) is 12.3 Å². The smallest absolute Gasteiger partial charge is 0.318 e. The zero-order valence-electron chi connectivity index (χ0n) is 14.6. The first-order valence-corrected chi connectivity index (χ1v) is 8.56. The van der Waals surface area contributed by atoms with E-state index in [1.807, 2.05) is 36.4 Å². The predicted octanol–water partition coefficient (Wildman–Crippen LogP) is 2.51. The van der Waals surface area contributed by atoms with Crippen LogP contribution in [0.2, 0.25) is 0 Å². The Kier molecular flexibility index (Phi) is 5.02. The standard InChI is InChI=1S/C20H21N3O3/c1-20(16-12-6-3-7-13-16)18(25)23(19(26)21-20)22-17(24)14-8-11-15-9-4-2-5-10-15/h2-7,9-10,12-13H,8,11,14H2,1H3,(H,21,26)(H,22,24). The van der Waals surface area contributed by atoms with Gasteiger partial charge in [0.1, 0.15) is 5.54 Å². The Hall–Kier alpha value is -3.15. The summed E-state index contributed by atoms with van der Waals surface area (Å²) in [5, 5.41) is 3.43. The molecule has 0 radical (unpaired) electrons. The number of nitrogens with zero attached hydrogens (tertiary/aromatic N) is 1. The Labute approximate surface area is 152 Å². The van der Waals surface area contributed by atoms with Gasteiger partial charge < -0.3 is 5.32 Å². The Balaban J connectivity index is 1.58. The highest BCUT2D eigenvalue weighted by atomic mass is 16.2. The molecule has 6 nitrogen and oxygen atoms in total. The monoisotopic (exact) mass is 351 g/mol. The van der Waals surface area contributed by atoms with Crippen LogP contribution in [-0.4, -0.2) is 22.9 Å². The van der Waals surface area contributed by atoms with Crippen LogP contribution in [0.15, 0.2) is 60.7 Å². The van der Waals surface area contributed by atoms with Crippen molar-refractivity contribution < 1.29 is 14.4 Å². The minimum Gasteiger partial charge on any atom is -0.318 e. The highest BCUT2D eigenvalue weighted by Crippen LogP contribution is 2.27. The van der Waals surface area contributed by atoms with Gasteiger partial charge in [-0.1, -0.05) is 60.7 Å². The molecule has 0 aliphatic carbocycles. The van der Waals surface area contributed by atoms with E-state index in [0.29, 0.717) is 12.0 Å². The maximum atomic E-state index is 12.7. The molecule has 134 valence electrons. The number of urea groups is 1. The van der Waals surface area contributed by atoms with Crippen LogP contribution >= 0.6 is 0 Å². The summed E-state index contributed by atoms with van der Waals surface area (Å²) in [6.07, 6.45) is 1.62. The van der Waals surface area contributed by atoms with Gasteiger partial charge in [-0.25, -0.2) is 4.79 Å². The third-order valence-corrected chi connectivity index (χ3v) is 4.49. The molecule has 26 heavy (non-hydrogen) atoms. The summed E-state index contributed by atoms with van der Waals surface area (Å²) in [4.78, 5) is 37.0. The molecule has 2 aromatic carbocycles. The van der Waals surface area contributed by atoms with Crippen molar-refractivity contribution in [3.05, 3.63) is 71.8 Å². The summed E-state index contributed by atoms with van der Waals surface area (Å²) in [6.45, 7) is 1.63. The summed E-state index contributed by atoms with van der Waals surface area (Å²) in [5.41, 5.74) is 3.05. The lowest BCUT2D eigenvalue weighted by molar-refractivity contribution is -0.139. The second kappa shape index (κ2) is 7.39. The highest BCUT2D eigenvalue weighted by molar-refractivity contribution is 6.08. The van der Waals surface area contributed by atoms with Crippen molar-refractivity contribution in [2.24, 2.45) is 0 Å². The average Bonchev–Trinajstić information content (AvgIpc) is 2.87. The van der Waals surface area contributed by atoms with Gasteiger partial charge in [-0.05, 0) is 30.9 Å². The molecular formula is C20H21N3O3. The fourth-order valence-electron chi connectivity index (χ4n) is 2.99. The molecule has 1 heterocycles. The van der Waals surface area contributed by atoms with Crippen LogP contribution in [0, 0.1) is 0 Å². The molecule has 1 unspecified atom stereocenters. The van der Waals surface area contributed by atoms with Crippen molar-refractivity contribution in [3.8, 4) is 0 Å². The number of hydrogen-bond donors (Lipinski definition) is 2. The van der Waals surface area contributed by atoms with Crippen LogP contribution in [0.4, 0.5) is 4.79 Å². The first kappa shape index (κ1) is 17.7. The molecule has 1 atom stereocenters. The van der Waals surface area contributed by atoms with Gasteiger partial charge in [0.25, 0.3) is 5.91 Å². The van der Waals surface area contributed by atoms with Gasteiger partial charge in [0.2, 0.25) is 5.91 Å². The second-order valence-corrected chi connectivity index (χ2v) is 6.44. The van der Waals surface area contributed by atoms with Crippen LogP contribution in [0.5, 0.6) is 0 Å². The Bertz CT molecular complexity index is 808. The number of imide groups is 1. The van der Waals surface area contributed by atoms with Crippen LogP contribution in [0.25, 0.3) is 0 Å². The number of amides is 4. The molecule has 6 heteroatoms. The molecule has 3 rings (SSSR count). The number of nitrogens with one attached hydrogen (secondary N) is 2. The van der Waals surface area contributed by atoms with E-state index < -0.39 is 17.5 Å². The first-order chi connectivity index (χ1) is 12.5. The molecule has 1 fully saturated rings. The van der Waals surface area contributed by atoms with Gasteiger partial charge >= 0.3 is 6.03 Å². The Morgan fingerprint density at radius 2 is 1.65 bits per heavy atom. The molecule has 0 saturated carbocycles.